The molecule has 0 saturated heterocycles. The molecule has 2 rings (SSSR count). The van der Waals surface area contributed by atoms with Gasteiger partial charge < -0.3 is 20.3 Å². The van der Waals surface area contributed by atoms with Crippen LogP contribution in [-0.2, 0) is 6.42 Å². The molecule has 5 nitrogen and oxygen atoms in total. The van der Waals surface area contributed by atoms with E-state index in [1.54, 1.807) is 6.07 Å². The van der Waals surface area contributed by atoms with Gasteiger partial charge in [-0.2, -0.15) is 0 Å². The first kappa shape index (κ1) is 21.9. The SMILES string of the molecule is CCC(C)(C)NCC(O)COc1cc(O)ccc1C(=O)CCc1ccccc1. The average Bonchev–Trinajstić information content (AvgIpc) is 2.70. The molecule has 0 aliphatic heterocycles. The van der Waals surface area contributed by atoms with E-state index >= 15 is 0 Å². The van der Waals surface area contributed by atoms with Crippen LogP contribution < -0.4 is 10.1 Å². The Balaban J connectivity index is 1.96. The molecule has 0 amide bonds. The lowest BCUT2D eigenvalue weighted by Crippen LogP contribution is -2.44. The monoisotopic (exact) mass is 385 g/mol. The van der Waals surface area contributed by atoms with Crippen molar-refractivity contribution in [1.29, 1.82) is 0 Å². The molecule has 0 saturated carbocycles. The lowest BCUT2D eigenvalue weighted by Gasteiger charge is -2.26. The topological polar surface area (TPSA) is 78.8 Å². The Morgan fingerprint density at radius 3 is 2.57 bits per heavy atom. The van der Waals surface area contributed by atoms with Gasteiger partial charge in [0.25, 0.3) is 0 Å². The first-order chi connectivity index (χ1) is 13.3. The zero-order valence-corrected chi connectivity index (χ0v) is 16.9. The van der Waals surface area contributed by atoms with Crippen molar-refractivity contribution in [3.05, 3.63) is 59.7 Å². The summed E-state index contributed by atoms with van der Waals surface area (Å²) < 4.78 is 5.68. The van der Waals surface area contributed by atoms with Gasteiger partial charge in [0.15, 0.2) is 5.78 Å². The minimum atomic E-state index is -0.722. The van der Waals surface area contributed by atoms with Gasteiger partial charge in [0.2, 0.25) is 0 Å². The number of carbonyl (C=O) groups is 1. The molecule has 1 atom stereocenters. The number of benzene rings is 2. The van der Waals surface area contributed by atoms with Crippen LogP contribution in [0.2, 0.25) is 0 Å². The second kappa shape index (κ2) is 10.2. The molecule has 0 aliphatic rings. The van der Waals surface area contributed by atoms with Crippen molar-refractivity contribution in [2.75, 3.05) is 13.2 Å². The Hall–Kier alpha value is -2.37. The minimum absolute atomic E-state index is 0.0225. The van der Waals surface area contributed by atoms with Crippen molar-refractivity contribution in [1.82, 2.24) is 5.32 Å². The molecule has 0 radical (unpaired) electrons. The van der Waals surface area contributed by atoms with Crippen molar-refractivity contribution in [3.8, 4) is 11.5 Å². The maximum absolute atomic E-state index is 12.7. The number of rotatable bonds is 11. The number of β-amino-alcohol motifs (C(OH)–C–C–N with tert-alkyl or cyclic N) is 1. The van der Waals surface area contributed by atoms with Crippen LogP contribution in [0, 0.1) is 0 Å². The van der Waals surface area contributed by atoms with Crippen LogP contribution in [0.1, 0.15) is 49.5 Å². The fraction of sp³-hybridized carbons (Fsp3) is 0.435. The molecule has 3 N–H and O–H groups in total. The zero-order chi connectivity index (χ0) is 20.6. The van der Waals surface area contributed by atoms with E-state index < -0.39 is 6.10 Å². The van der Waals surface area contributed by atoms with Gasteiger partial charge in [0.1, 0.15) is 24.2 Å². The third kappa shape index (κ3) is 6.98. The Bertz CT molecular complexity index is 758. The van der Waals surface area contributed by atoms with Crippen molar-refractivity contribution >= 4 is 5.78 Å². The molecule has 2 aromatic rings. The van der Waals surface area contributed by atoms with Crippen molar-refractivity contribution in [2.24, 2.45) is 0 Å². The van der Waals surface area contributed by atoms with E-state index in [2.05, 4.69) is 26.1 Å². The standard InChI is InChI=1S/C23H31NO4/c1-4-23(2,3)24-15-19(26)16-28-22-14-18(25)11-12-20(22)21(27)13-10-17-8-6-5-7-9-17/h5-9,11-12,14,19,24-26H,4,10,13,15-16H2,1-3H3. The number of phenolic OH excluding ortho intramolecular Hbond substituents is 1. The Kier molecular flexibility index (Phi) is 8.03. The van der Waals surface area contributed by atoms with Crippen molar-refractivity contribution in [3.63, 3.8) is 0 Å². The molecular formula is C23H31NO4. The van der Waals surface area contributed by atoms with E-state index in [9.17, 15) is 15.0 Å². The van der Waals surface area contributed by atoms with Crippen LogP contribution in [0.15, 0.2) is 48.5 Å². The lowest BCUT2D eigenvalue weighted by molar-refractivity contribution is 0.0926. The van der Waals surface area contributed by atoms with Gasteiger partial charge in [-0.25, -0.2) is 0 Å². The summed E-state index contributed by atoms with van der Waals surface area (Å²) in [6.45, 7) is 6.64. The fourth-order valence-electron chi connectivity index (χ4n) is 2.66. The van der Waals surface area contributed by atoms with E-state index in [-0.39, 0.29) is 23.7 Å². The van der Waals surface area contributed by atoms with Gasteiger partial charge in [-0.1, -0.05) is 37.3 Å². The van der Waals surface area contributed by atoms with E-state index in [4.69, 9.17) is 4.74 Å². The number of ketones is 1. The van der Waals surface area contributed by atoms with Gasteiger partial charge in [0, 0.05) is 24.6 Å². The number of aliphatic hydroxyl groups is 1. The molecule has 0 fully saturated rings. The summed E-state index contributed by atoms with van der Waals surface area (Å²) in [5, 5.41) is 23.2. The predicted octanol–water partition coefficient (Wildman–Crippen LogP) is 3.73. The number of ether oxygens (including phenoxy) is 1. The molecule has 5 heteroatoms. The molecule has 0 aromatic heterocycles. The number of hydrogen-bond donors (Lipinski definition) is 3. The van der Waals surface area contributed by atoms with Gasteiger partial charge in [-0.3, -0.25) is 4.79 Å². The number of aliphatic hydroxyl groups excluding tert-OH is 1. The largest absolute Gasteiger partial charge is 0.508 e. The highest BCUT2D eigenvalue weighted by atomic mass is 16.5. The van der Waals surface area contributed by atoms with Gasteiger partial charge in [-0.15, -0.1) is 0 Å². The Morgan fingerprint density at radius 2 is 1.89 bits per heavy atom. The van der Waals surface area contributed by atoms with Crippen molar-refractivity contribution < 1.29 is 19.7 Å². The molecule has 0 aliphatic carbocycles. The number of hydrogen-bond acceptors (Lipinski definition) is 5. The zero-order valence-electron chi connectivity index (χ0n) is 16.9. The van der Waals surface area contributed by atoms with Gasteiger partial charge in [-0.05, 0) is 44.4 Å². The predicted molar refractivity (Wildman–Crippen MR) is 111 cm³/mol. The maximum atomic E-state index is 12.7. The second-order valence-corrected chi connectivity index (χ2v) is 7.67. The van der Waals surface area contributed by atoms with E-state index in [0.717, 1.165) is 12.0 Å². The fourth-order valence-corrected chi connectivity index (χ4v) is 2.66. The summed E-state index contributed by atoms with van der Waals surface area (Å²) >= 11 is 0. The number of nitrogens with one attached hydrogen (secondary N) is 1. The molecule has 2 aromatic carbocycles. The minimum Gasteiger partial charge on any atom is -0.508 e. The molecular weight excluding hydrogens is 354 g/mol. The summed E-state index contributed by atoms with van der Waals surface area (Å²) in [6, 6.07) is 14.3. The second-order valence-electron chi connectivity index (χ2n) is 7.67. The Labute approximate surface area is 167 Å². The summed E-state index contributed by atoms with van der Waals surface area (Å²) in [4.78, 5) is 12.7. The van der Waals surface area contributed by atoms with Gasteiger partial charge in [0.05, 0.1) is 5.56 Å². The van der Waals surface area contributed by atoms with E-state index in [1.165, 1.54) is 12.1 Å². The number of phenols is 1. The van der Waals surface area contributed by atoms with Crippen LogP contribution in [0.25, 0.3) is 0 Å². The number of carbonyl (C=O) groups excluding carboxylic acids is 1. The number of aromatic hydroxyl groups is 1. The highest BCUT2D eigenvalue weighted by Gasteiger charge is 2.18. The van der Waals surface area contributed by atoms with Gasteiger partial charge >= 0.3 is 0 Å². The number of Topliss-reactive ketones (excluding diaryl/α,β-unsaturated/α-hetero) is 1. The molecule has 152 valence electrons. The lowest BCUT2D eigenvalue weighted by atomic mass is 10.0. The van der Waals surface area contributed by atoms with Crippen LogP contribution in [0.4, 0.5) is 0 Å². The quantitative estimate of drug-likeness (QED) is 0.514. The first-order valence-corrected chi connectivity index (χ1v) is 9.77. The van der Waals surface area contributed by atoms with Crippen LogP contribution >= 0.6 is 0 Å². The van der Waals surface area contributed by atoms with Crippen molar-refractivity contribution in [2.45, 2.75) is 51.7 Å². The van der Waals surface area contributed by atoms with E-state index in [0.29, 0.717) is 30.7 Å². The molecule has 28 heavy (non-hydrogen) atoms. The Morgan fingerprint density at radius 1 is 1.18 bits per heavy atom. The summed E-state index contributed by atoms with van der Waals surface area (Å²) in [5.41, 5.74) is 1.45. The molecule has 1 unspecified atom stereocenters. The average molecular weight is 386 g/mol. The normalized spacial score (nSPS) is 12.6. The molecule has 0 spiro atoms. The summed E-state index contributed by atoms with van der Waals surface area (Å²) in [5.74, 6) is 0.264. The smallest absolute Gasteiger partial charge is 0.166 e. The summed E-state index contributed by atoms with van der Waals surface area (Å²) in [7, 11) is 0. The van der Waals surface area contributed by atoms with Crippen LogP contribution in [0.5, 0.6) is 11.5 Å². The third-order valence-electron chi connectivity index (χ3n) is 4.88. The first-order valence-electron chi connectivity index (χ1n) is 9.77. The third-order valence-corrected chi connectivity index (χ3v) is 4.88. The highest BCUT2D eigenvalue weighted by Crippen LogP contribution is 2.26. The number of aryl methyl sites for hydroxylation is 1. The molecule has 0 bridgehead atoms. The highest BCUT2D eigenvalue weighted by molar-refractivity contribution is 5.99. The van der Waals surface area contributed by atoms with Crippen LogP contribution in [-0.4, -0.2) is 40.8 Å². The maximum Gasteiger partial charge on any atom is 0.166 e. The van der Waals surface area contributed by atoms with E-state index in [1.807, 2.05) is 30.3 Å². The summed E-state index contributed by atoms with van der Waals surface area (Å²) in [6.07, 6.45) is 1.20. The van der Waals surface area contributed by atoms with Crippen LogP contribution in [0.3, 0.4) is 0 Å². The molecule has 0 heterocycles.